The van der Waals surface area contributed by atoms with Crippen LogP contribution in [0.3, 0.4) is 0 Å². The Morgan fingerprint density at radius 1 is 1.40 bits per heavy atom. The molecule has 116 valence electrons. The average Bonchev–Trinajstić information content (AvgIpc) is 2.97. The van der Waals surface area contributed by atoms with E-state index in [9.17, 15) is 13.5 Å². The van der Waals surface area contributed by atoms with Gasteiger partial charge in [-0.2, -0.15) is 11.8 Å². The predicted molar refractivity (Wildman–Crippen MR) is 80.7 cm³/mol. The van der Waals surface area contributed by atoms with Crippen LogP contribution in [0.25, 0.3) is 0 Å². The van der Waals surface area contributed by atoms with Crippen LogP contribution in [0.5, 0.6) is 0 Å². The van der Waals surface area contributed by atoms with Crippen LogP contribution < -0.4 is 0 Å². The fourth-order valence-corrected chi connectivity index (χ4v) is 7.11. The van der Waals surface area contributed by atoms with E-state index in [1.165, 1.54) is 0 Å². The Hall–Kier alpha value is 0.220. The summed E-state index contributed by atoms with van der Waals surface area (Å²) in [5, 5.41) is 10.5. The third-order valence-corrected chi connectivity index (χ3v) is 8.10. The standard InChI is InChI=1S/C14H24O4S2/c15-13(7-11-2-6-20(16,17)9-11)12-1-4-18-14(8-12)3-5-19-10-14/h11-13,15H,1-10H2. The Kier molecular flexibility index (Phi) is 4.37. The molecule has 4 nitrogen and oxygen atoms in total. The summed E-state index contributed by atoms with van der Waals surface area (Å²) < 4.78 is 29.0. The lowest BCUT2D eigenvalue weighted by molar-refractivity contribution is -0.103. The van der Waals surface area contributed by atoms with E-state index in [1.807, 2.05) is 11.8 Å². The van der Waals surface area contributed by atoms with Crippen LogP contribution in [0.15, 0.2) is 0 Å². The molecular formula is C14H24O4S2. The van der Waals surface area contributed by atoms with Gasteiger partial charge in [-0.25, -0.2) is 8.42 Å². The average molecular weight is 320 g/mol. The van der Waals surface area contributed by atoms with E-state index in [1.54, 1.807) is 0 Å². The van der Waals surface area contributed by atoms with Crippen molar-refractivity contribution >= 4 is 21.6 Å². The molecular weight excluding hydrogens is 296 g/mol. The molecule has 0 aromatic heterocycles. The molecule has 0 bridgehead atoms. The van der Waals surface area contributed by atoms with Crippen LogP contribution in [0.2, 0.25) is 0 Å². The second kappa shape index (κ2) is 5.78. The van der Waals surface area contributed by atoms with Crippen molar-refractivity contribution in [3.05, 3.63) is 0 Å². The fourth-order valence-electron chi connectivity index (χ4n) is 3.85. The summed E-state index contributed by atoms with van der Waals surface area (Å²) in [5.41, 5.74) is -0.00366. The van der Waals surface area contributed by atoms with Gasteiger partial charge in [0.1, 0.15) is 0 Å². The topological polar surface area (TPSA) is 63.6 Å². The first-order valence-electron chi connectivity index (χ1n) is 7.58. The molecule has 3 aliphatic heterocycles. The largest absolute Gasteiger partial charge is 0.393 e. The summed E-state index contributed by atoms with van der Waals surface area (Å²) in [6, 6.07) is 0. The molecule has 0 saturated carbocycles. The van der Waals surface area contributed by atoms with Gasteiger partial charge in [0.2, 0.25) is 0 Å². The van der Waals surface area contributed by atoms with Crippen molar-refractivity contribution in [1.82, 2.24) is 0 Å². The van der Waals surface area contributed by atoms with E-state index in [0.29, 0.717) is 12.2 Å². The highest BCUT2D eigenvalue weighted by molar-refractivity contribution is 7.99. The van der Waals surface area contributed by atoms with Gasteiger partial charge in [0.15, 0.2) is 9.84 Å². The summed E-state index contributed by atoms with van der Waals surface area (Å²) in [5.74, 6) is 3.22. The Morgan fingerprint density at radius 2 is 2.25 bits per heavy atom. The molecule has 3 aliphatic rings. The highest BCUT2D eigenvalue weighted by Crippen LogP contribution is 2.42. The first-order valence-corrected chi connectivity index (χ1v) is 10.6. The molecule has 0 aromatic carbocycles. The third kappa shape index (κ3) is 3.34. The second-order valence-electron chi connectivity index (χ2n) is 6.66. The minimum Gasteiger partial charge on any atom is -0.393 e. The van der Waals surface area contributed by atoms with E-state index in [0.717, 1.165) is 43.8 Å². The van der Waals surface area contributed by atoms with Gasteiger partial charge in [-0.05, 0) is 49.7 Å². The molecule has 1 spiro atoms. The Bertz CT molecular complexity index is 442. The first kappa shape index (κ1) is 15.1. The van der Waals surface area contributed by atoms with Crippen molar-refractivity contribution in [1.29, 1.82) is 0 Å². The van der Waals surface area contributed by atoms with Crippen molar-refractivity contribution in [2.24, 2.45) is 11.8 Å². The molecule has 1 N–H and O–H groups in total. The molecule has 4 atom stereocenters. The normalized spacial score (nSPS) is 42.0. The molecule has 3 heterocycles. The van der Waals surface area contributed by atoms with Crippen molar-refractivity contribution in [2.45, 2.75) is 43.8 Å². The van der Waals surface area contributed by atoms with Crippen molar-refractivity contribution in [3.8, 4) is 0 Å². The molecule has 4 unspecified atom stereocenters. The molecule has 3 rings (SSSR count). The monoisotopic (exact) mass is 320 g/mol. The molecule has 0 aliphatic carbocycles. The number of hydrogen-bond donors (Lipinski definition) is 1. The lowest BCUT2D eigenvalue weighted by atomic mass is 9.80. The Balaban J connectivity index is 1.55. The SMILES string of the molecule is O=S1(=O)CCC(CC(O)C2CCOC3(CCSC3)C2)C1. The molecule has 20 heavy (non-hydrogen) atoms. The highest BCUT2D eigenvalue weighted by atomic mass is 32.2. The van der Waals surface area contributed by atoms with Crippen LogP contribution >= 0.6 is 11.8 Å². The summed E-state index contributed by atoms with van der Waals surface area (Å²) >= 11 is 1.94. The van der Waals surface area contributed by atoms with Crippen LogP contribution in [0.1, 0.15) is 32.1 Å². The van der Waals surface area contributed by atoms with Gasteiger partial charge >= 0.3 is 0 Å². The van der Waals surface area contributed by atoms with Gasteiger partial charge in [-0.15, -0.1) is 0 Å². The zero-order valence-corrected chi connectivity index (χ0v) is 13.4. The molecule has 0 aromatic rings. The Labute approximate surface area is 125 Å². The zero-order chi connectivity index (χ0) is 14.2. The van der Waals surface area contributed by atoms with E-state index < -0.39 is 9.84 Å². The summed E-state index contributed by atoms with van der Waals surface area (Å²) in [6.07, 6.45) is 3.96. The third-order valence-electron chi connectivity index (χ3n) is 5.04. The molecule has 3 fully saturated rings. The van der Waals surface area contributed by atoms with E-state index in [2.05, 4.69) is 0 Å². The van der Waals surface area contributed by atoms with Gasteiger partial charge in [0.05, 0.1) is 23.2 Å². The summed E-state index contributed by atoms with van der Waals surface area (Å²) in [7, 11) is -2.83. The number of hydrogen-bond acceptors (Lipinski definition) is 5. The van der Waals surface area contributed by atoms with Gasteiger partial charge < -0.3 is 9.84 Å². The van der Waals surface area contributed by atoms with Crippen LogP contribution in [0.4, 0.5) is 0 Å². The number of aliphatic hydroxyl groups excluding tert-OH is 1. The van der Waals surface area contributed by atoms with Crippen molar-refractivity contribution in [2.75, 3.05) is 29.6 Å². The number of ether oxygens (including phenoxy) is 1. The number of sulfone groups is 1. The molecule has 0 radical (unpaired) electrons. The van der Waals surface area contributed by atoms with Crippen LogP contribution in [-0.4, -0.2) is 54.8 Å². The quantitative estimate of drug-likeness (QED) is 0.853. The maximum atomic E-state index is 11.5. The summed E-state index contributed by atoms with van der Waals surface area (Å²) in [6.45, 7) is 0.741. The molecule has 0 amide bonds. The lowest BCUT2D eigenvalue weighted by Crippen LogP contribution is -2.43. The fraction of sp³-hybridized carbons (Fsp3) is 1.00. The number of aliphatic hydroxyl groups is 1. The van der Waals surface area contributed by atoms with E-state index >= 15 is 0 Å². The van der Waals surface area contributed by atoms with Crippen molar-refractivity contribution < 1.29 is 18.3 Å². The highest BCUT2D eigenvalue weighted by Gasteiger charge is 2.43. The number of thioether (sulfide) groups is 1. The van der Waals surface area contributed by atoms with Crippen LogP contribution in [-0.2, 0) is 14.6 Å². The van der Waals surface area contributed by atoms with Crippen molar-refractivity contribution in [3.63, 3.8) is 0 Å². The minimum absolute atomic E-state index is 0.00366. The first-order chi connectivity index (χ1) is 9.48. The second-order valence-corrected chi connectivity index (χ2v) is 9.99. The van der Waals surface area contributed by atoms with Gasteiger partial charge in [-0.1, -0.05) is 0 Å². The smallest absolute Gasteiger partial charge is 0.150 e. The molecule has 6 heteroatoms. The van der Waals surface area contributed by atoms with Gasteiger partial charge in [-0.3, -0.25) is 0 Å². The zero-order valence-electron chi connectivity index (χ0n) is 11.8. The minimum atomic E-state index is -2.83. The lowest BCUT2D eigenvalue weighted by Gasteiger charge is -2.40. The Morgan fingerprint density at radius 3 is 2.90 bits per heavy atom. The van der Waals surface area contributed by atoms with E-state index in [-0.39, 0.29) is 29.3 Å². The van der Waals surface area contributed by atoms with Gasteiger partial charge in [0.25, 0.3) is 0 Å². The van der Waals surface area contributed by atoms with Gasteiger partial charge in [0, 0.05) is 12.4 Å². The van der Waals surface area contributed by atoms with Crippen LogP contribution in [0, 0.1) is 11.8 Å². The predicted octanol–water partition coefficient (Wildman–Crippen LogP) is 1.47. The van der Waals surface area contributed by atoms with E-state index in [4.69, 9.17) is 4.74 Å². The molecule has 3 saturated heterocycles. The maximum Gasteiger partial charge on any atom is 0.150 e. The number of rotatable bonds is 3. The maximum absolute atomic E-state index is 11.5. The summed E-state index contributed by atoms with van der Waals surface area (Å²) in [4.78, 5) is 0.